The molecule has 0 bridgehead atoms. The first kappa shape index (κ1) is 28.1. The van der Waals surface area contributed by atoms with Crippen LogP contribution in [0.4, 0.5) is 17.3 Å². The van der Waals surface area contributed by atoms with Gasteiger partial charge in [0.15, 0.2) is 11.6 Å². The Morgan fingerprint density at radius 1 is 0.951 bits per heavy atom. The Hall–Kier alpha value is -4.46. The van der Waals surface area contributed by atoms with Crippen LogP contribution in [0.15, 0.2) is 71.6 Å². The van der Waals surface area contributed by atoms with Crippen LogP contribution >= 0.6 is 0 Å². The summed E-state index contributed by atoms with van der Waals surface area (Å²) in [6.45, 7) is 0.356. The number of fused-ring (bicyclic) bond motifs is 1. The van der Waals surface area contributed by atoms with E-state index in [1.807, 2.05) is 6.07 Å². The second-order valence-corrected chi connectivity index (χ2v) is 11.1. The molecule has 0 radical (unpaired) electrons. The average Bonchev–Trinajstić information content (AvgIpc) is 3.00. The molecular weight excluding hydrogens is 548 g/mol. The molecule has 41 heavy (non-hydrogen) atoms. The highest BCUT2D eigenvalue weighted by Gasteiger charge is 2.29. The summed E-state index contributed by atoms with van der Waals surface area (Å²) >= 11 is 0. The predicted octanol–water partition coefficient (Wildman–Crippen LogP) is 3.65. The number of sulfonamides is 1. The number of rotatable bonds is 9. The summed E-state index contributed by atoms with van der Waals surface area (Å²) < 4.78 is 46.4. The number of hydrazine groups is 1. The first-order valence-electron chi connectivity index (χ1n) is 12.8. The number of nitrogens with zero attached hydrogens (tertiary/aromatic N) is 2. The zero-order valence-electron chi connectivity index (χ0n) is 22.5. The summed E-state index contributed by atoms with van der Waals surface area (Å²) in [4.78, 5) is 21.3. The number of amides is 1. The number of nitrogens with two attached hydrogens (primary N) is 1. The number of carbonyl (C=O) groups is 1. The van der Waals surface area contributed by atoms with Crippen LogP contribution in [0.1, 0.15) is 24.5 Å². The first-order chi connectivity index (χ1) is 19.8. The molecular formula is C28H30N6O6S. The Morgan fingerprint density at radius 2 is 1.63 bits per heavy atom. The molecule has 5 N–H and O–H groups in total. The molecule has 1 aromatic heterocycles. The highest BCUT2D eigenvalue weighted by molar-refractivity contribution is 7.92. The lowest BCUT2D eigenvalue weighted by Crippen LogP contribution is -2.38. The van der Waals surface area contributed by atoms with E-state index in [9.17, 15) is 13.2 Å². The number of para-hydroxylation sites is 2. The maximum atomic E-state index is 13.6. The number of methoxy groups -OCH3 is 2. The van der Waals surface area contributed by atoms with Crippen molar-refractivity contribution < 1.29 is 27.4 Å². The maximum Gasteiger partial charge on any atom is 0.263 e. The summed E-state index contributed by atoms with van der Waals surface area (Å²) in [5.74, 6) is 5.98. The van der Waals surface area contributed by atoms with Gasteiger partial charge in [-0.05, 0) is 42.7 Å². The van der Waals surface area contributed by atoms with Gasteiger partial charge in [0.05, 0.1) is 36.3 Å². The Morgan fingerprint density at radius 3 is 2.29 bits per heavy atom. The van der Waals surface area contributed by atoms with Gasteiger partial charge in [0.25, 0.3) is 10.0 Å². The van der Waals surface area contributed by atoms with E-state index in [0.29, 0.717) is 53.2 Å². The predicted molar refractivity (Wildman–Crippen MR) is 153 cm³/mol. The monoisotopic (exact) mass is 578 g/mol. The molecule has 3 aromatic carbocycles. The Kier molecular flexibility index (Phi) is 8.19. The molecule has 12 nitrogen and oxygen atoms in total. The SMILES string of the molecule is COc1cc(Nc2nc3ccccc3nc2NS(=O)(=O)c2cccc(C3CC(C(=O)NN)CCO3)c2)cc(OC)c1. The van der Waals surface area contributed by atoms with E-state index in [4.69, 9.17) is 20.1 Å². The van der Waals surface area contributed by atoms with Crippen LogP contribution in [0.2, 0.25) is 0 Å². The van der Waals surface area contributed by atoms with E-state index in [1.54, 1.807) is 48.5 Å². The molecule has 1 saturated heterocycles. The van der Waals surface area contributed by atoms with Crippen molar-refractivity contribution >= 4 is 44.3 Å². The molecule has 1 aliphatic rings. The molecule has 1 aliphatic heterocycles. The van der Waals surface area contributed by atoms with E-state index in [-0.39, 0.29) is 28.4 Å². The normalized spacial score (nSPS) is 17.0. The van der Waals surface area contributed by atoms with E-state index < -0.39 is 16.1 Å². The van der Waals surface area contributed by atoms with Gasteiger partial charge in [0.1, 0.15) is 11.5 Å². The summed E-state index contributed by atoms with van der Waals surface area (Å²) in [6, 6.07) is 18.7. The highest BCUT2D eigenvalue weighted by atomic mass is 32.2. The van der Waals surface area contributed by atoms with Crippen LogP contribution in [-0.4, -0.2) is 45.1 Å². The van der Waals surface area contributed by atoms with Crippen molar-refractivity contribution in [2.24, 2.45) is 11.8 Å². The quantitative estimate of drug-likeness (QED) is 0.131. The van der Waals surface area contributed by atoms with Gasteiger partial charge >= 0.3 is 0 Å². The van der Waals surface area contributed by atoms with Crippen molar-refractivity contribution in [2.45, 2.75) is 23.8 Å². The van der Waals surface area contributed by atoms with Crippen LogP contribution in [-0.2, 0) is 19.6 Å². The topological polar surface area (TPSA) is 167 Å². The lowest BCUT2D eigenvalue weighted by molar-refractivity contribution is -0.130. The van der Waals surface area contributed by atoms with E-state index >= 15 is 0 Å². The molecule has 0 spiro atoms. The minimum Gasteiger partial charge on any atom is -0.497 e. The van der Waals surface area contributed by atoms with Crippen LogP contribution in [0, 0.1) is 5.92 Å². The Labute approximate surface area is 237 Å². The fraction of sp³-hybridized carbons (Fsp3) is 0.250. The minimum atomic E-state index is -4.11. The Bertz CT molecular complexity index is 1660. The van der Waals surface area contributed by atoms with Gasteiger partial charge in [-0.2, -0.15) is 0 Å². The summed E-state index contributed by atoms with van der Waals surface area (Å²) in [6.07, 6.45) is 0.463. The molecule has 0 saturated carbocycles. The van der Waals surface area contributed by atoms with Gasteiger partial charge in [-0.3, -0.25) is 14.9 Å². The smallest absolute Gasteiger partial charge is 0.263 e. The first-order valence-corrected chi connectivity index (χ1v) is 14.3. The van der Waals surface area contributed by atoms with Gasteiger partial charge in [0, 0.05) is 36.4 Å². The molecule has 1 fully saturated rings. The maximum absolute atomic E-state index is 13.6. The van der Waals surface area contributed by atoms with Crippen LogP contribution in [0.5, 0.6) is 11.5 Å². The molecule has 4 aromatic rings. The molecule has 2 unspecified atom stereocenters. The van der Waals surface area contributed by atoms with Crippen LogP contribution in [0.3, 0.4) is 0 Å². The van der Waals surface area contributed by atoms with Gasteiger partial charge < -0.3 is 19.5 Å². The van der Waals surface area contributed by atoms with Gasteiger partial charge in [-0.15, -0.1) is 0 Å². The lowest BCUT2D eigenvalue weighted by atomic mass is 9.91. The zero-order chi connectivity index (χ0) is 29.0. The molecule has 2 heterocycles. The summed E-state index contributed by atoms with van der Waals surface area (Å²) in [7, 11) is -1.04. The number of ether oxygens (including phenoxy) is 3. The van der Waals surface area contributed by atoms with Gasteiger partial charge in [0.2, 0.25) is 5.91 Å². The van der Waals surface area contributed by atoms with E-state index in [2.05, 4.69) is 25.4 Å². The molecule has 5 rings (SSSR count). The van der Waals surface area contributed by atoms with Crippen molar-refractivity contribution in [2.75, 3.05) is 30.9 Å². The zero-order valence-corrected chi connectivity index (χ0v) is 23.3. The number of hydrogen-bond donors (Lipinski definition) is 4. The fourth-order valence-corrected chi connectivity index (χ4v) is 5.69. The van der Waals surface area contributed by atoms with Crippen molar-refractivity contribution in [1.29, 1.82) is 0 Å². The van der Waals surface area contributed by atoms with E-state index in [0.717, 1.165) is 0 Å². The van der Waals surface area contributed by atoms with Gasteiger partial charge in [-0.1, -0.05) is 24.3 Å². The second-order valence-electron chi connectivity index (χ2n) is 9.40. The van der Waals surface area contributed by atoms with E-state index in [1.165, 1.54) is 26.4 Å². The number of nitrogens with one attached hydrogen (secondary N) is 3. The third kappa shape index (κ3) is 6.32. The molecule has 1 amide bonds. The third-order valence-corrected chi connectivity index (χ3v) is 8.09. The largest absolute Gasteiger partial charge is 0.497 e. The second kappa shape index (κ2) is 12.0. The average molecular weight is 579 g/mol. The van der Waals surface area contributed by atoms with Crippen molar-refractivity contribution in [3.05, 3.63) is 72.3 Å². The standard InChI is InChI=1S/C28H30N6O6S/c1-38-20-14-19(15-21(16-20)39-2)30-26-27(32-24-9-4-3-8-23(24)31-26)34-41(36,37)22-7-5-6-17(12-22)25-13-18(10-11-40-25)28(35)33-29/h3-9,12,14-16,18,25H,10-11,13,29H2,1-2H3,(H,30,31)(H,32,34)(H,33,35). The lowest BCUT2D eigenvalue weighted by Gasteiger charge is -2.28. The summed E-state index contributed by atoms with van der Waals surface area (Å²) in [5, 5.41) is 3.14. The number of anilines is 3. The minimum absolute atomic E-state index is 0.00415. The number of aromatic nitrogens is 2. The molecule has 2 atom stereocenters. The Balaban J connectivity index is 1.47. The fourth-order valence-electron chi connectivity index (χ4n) is 4.63. The molecule has 13 heteroatoms. The van der Waals surface area contributed by atoms with Crippen LogP contribution in [0.25, 0.3) is 11.0 Å². The summed E-state index contributed by atoms with van der Waals surface area (Å²) in [5.41, 5.74) is 4.45. The number of hydrogen-bond acceptors (Lipinski definition) is 10. The molecule has 0 aliphatic carbocycles. The van der Waals surface area contributed by atoms with Crippen molar-refractivity contribution in [3.63, 3.8) is 0 Å². The highest BCUT2D eigenvalue weighted by Crippen LogP contribution is 2.34. The third-order valence-electron chi connectivity index (χ3n) is 6.75. The van der Waals surface area contributed by atoms with Crippen LogP contribution < -0.4 is 30.8 Å². The number of carbonyl (C=O) groups excluding carboxylic acids is 1. The van der Waals surface area contributed by atoms with Crippen molar-refractivity contribution in [1.82, 2.24) is 15.4 Å². The molecule has 214 valence electrons. The number of benzene rings is 3. The van der Waals surface area contributed by atoms with Crippen molar-refractivity contribution in [3.8, 4) is 11.5 Å². The van der Waals surface area contributed by atoms with Gasteiger partial charge in [-0.25, -0.2) is 24.2 Å².